The first kappa shape index (κ1) is 10.6. The number of allylic oxidation sites excluding steroid dienone is 3. The number of rotatable bonds is 2. The minimum absolute atomic E-state index is 0.143. The zero-order valence-corrected chi connectivity index (χ0v) is 8.50. The lowest BCUT2D eigenvalue weighted by atomic mass is 10.0. The Hall–Kier alpha value is -1.93. The molecule has 0 N–H and O–H groups in total. The Bertz CT molecular complexity index is 484. The fraction of sp³-hybridized carbons (Fsp3) is 0.0833. The standard InChI is InChI=1S/C12H8F2NO/c1-16-9-3-5-12(15-7-9)10-4-2-8(13)6-11(10)14/h2-3,5-7H,1H3. The third-order valence-corrected chi connectivity index (χ3v) is 2.09. The third-order valence-electron chi connectivity index (χ3n) is 2.09. The Kier molecular flexibility index (Phi) is 2.84. The number of hydrogen-bond acceptors (Lipinski definition) is 2. The maximum atomic E-state index is 13.4. The number of aromatic nitrogens is 1. The van der Waals surface area contributed by atoms with Crippen molar-refractivity contribution in [1.82, 2.24) is 4.98 Å². The molecule has 0 atom stereocenters. The smallest absolute Gasteiger partial charge is 0.208 e. The second-order valence-corrected chi connectivity index (χ2v) is 3.12. The average molecular weight is 220 g/mol. The summed E-state index contributed by atoms with van der Waals surface area (Å²) >= 11 is 0. The van der Waals surface area contributed by atoms with Crippen LogP contribution in [0.25, 0.3) is 5.57 Å². The number of halogens is 2. The molecule has 0 amide bonds. The summed E-state index contributed by atoms with van der Waals surface area (Å²) in [5, 5.41) is 0. The summed E-state index contributed by atoms with van der Waals surface area (Å²) in [4.78, 5) is 3.99. The van der Waals surface area contributed by atoms with Crippen LogP contribution in [0.15, 0.2) is 42.0 Å². The molecule has 0 saturated carbocycles. The van der Waals surface area contributed by atoms with E-state index < -0.39 is 12.0 Å². The second kappa shape index (κ2) is 4.29. The highest BCUT2D eigenvalue weighted by molar-refractivity contribution is 5.76. The van der Waals surface area contributed by atoms with Gasteiger partial charge in [0.15, 0.2) is 0 Å². The molecule has 1 heterocycles. The Balaban J connectivity index is 2.35. The van der Waals surface area contributed by atoms with E-state index in [0.717, 1.165) is 12.2 Å². The maximum Gasteiger partial charge on any atom is 0.208 e. The summed E-state index contributed by atoms with van der Waals surface area (Å²) < 4.78 is 31.0. The van der Waals surface area contributed by atoms with Gasteiger partial charge in [0.1, 0.15) is 11.6 Å². The minimum atomic E-state index is -0.683. The molecule has 2 nitrogen and oxygen atoms in total. The molecule has 0 spiro atoms. The summed E-state index contributed by atoms with van der Waals surface area (Å²) in [7, 11) is 1.52. The Labute approximate surface area is 91.6 Å². The van der Waals surface area contributed by atoms with Crippen LogP contribution in [-0.2, 0) is 0 Å². The van der Waals surface area contributed by atoms with Gasteiger partial charge in [-0.25, -0.2) is 8.78 Å². The Morgan fingerprint density at radius 1 is 1.31 bits per heavy atom. The van der Waals surface area contributed by atoms with Gasteiger partial charge in [0.2, 0.25) is 6.17 Å². The number of pyridine rings is 1. The highest BCUT2D eigenvalue weighted by Crippen LogP contribution is 2.30. The van der Waals surface area contributed by atoms with Crippen LogP contribution in [0.3, 0.4) is 0 Å². The van der Waals surface area contributed by atoms with E-state index in [0.29, 0.717) is 11.4 Å². The normalized spacial score (nSPS) is 15.7. The minimum Gasteiger partial charge on any atom is -0.495 e. The molecule has 1 aromatic rings. The maximum absolute atomic E-state index is 13.4. The van der Waals surface area contributed by atoms with Crippen molar-refractivity contribution < 1.29 is 13.5 Å². The molecule has 0 bridgehead atoms. The quantitative estimate of drug-likeness (QED) is 0.715. The molecule has 0 unspecified atom stereocenters. The van der Waals surface area contributed by atoms with Crippen LogP contribution in [0.4, 0.5) is 8.78 Å². The molecule has 0 saturated heterocycles. The van der Waals surface area contributed by atoms with E-state index in [-0.39, 0.29) is 5.57 Å². The number of hydrogen-bond donors (Lipinski definition) is 0. The molecular weight excluding hydrogens is 212 g/mol. The lowest BCUT2D eigenvalue weighted by Crippen LogP contribution is -1.97. The predicted octanol–water partition coefficient (Wildman–Crippen LogP) is 3.00. The lowest BCUT2D eigenvalue weighted by molar-refractivity contribution is 0.413. The summed E-state index contributed by atoms with van der Waals surface area (Å²) in [6.07, 6.45) is 2.66. The third kappa shape index (κ3) is 2.02. The Morgan fingerprint density at radius 2 is 2.12 bits per heavy atom. The Morgan fingerprint density at radius 3 is 2.69 bits per heavy atom. The van der Waals surface area contributed by atoms with Crippen LogP contribution in [0, 0.1) is 6.17 Å². The van der Waals surface area contributed by atoms with Crippen molar-refractivity contribution >= 4 is 5.57 Å². The lowest BCUT2D eigenvalue weighted by Gasteiger charge is -2.08. The molecule has 2 rings (SSSR count). The summed E-state index contributed by atoms with van der Waals surface area (Å²) in [6.45, 7) is 0. The van der Waals surface area contributed by atoms with Crippen LogP contribution in [-0.4, -0.2) is 12.1 Å². The van der Waals surface area contributed by atoms with Gasteiger partial charge in [0.25, 0.3) is 0 Å². The van der Waals surface area contributed by atoms with E-state index in [9.17, 15) is 8.78 Å². The summed E-state index contributed by atoms with van der Waals surface area (Å²) in [5.74, 6) is -0.0824. The first-order valence-electron chi connectivity index (χ1n) is 4.58. The van der Waals surface area contributed by atoms with Crippen molar-refractivity contribution in [1.29, 1.82) is 0 Å². The first-order valence-corrected chi connectivity index (χ1v) is 4.58. The van der Waals surface area contributed by atoms with E-state index in [2.05, 4.69) is 10.7 Å². The highest BCUT2D eigenvalue weighted by atomic mass is 19.1. The van der Waals surface area contributed by atoms with Gasteiger partial charge in [-0.05, 0) is 18.2 Å². The van der Waals surface area contributed by atoms with Gasteiger partial charge in [-0.3, -0.25) is 4.98 Å². The number of ether oxygens (including phenoxy) is 1. The van der Waals surface area contributed by atoms with E-state index in [1.54, 1.807) is 12.1 Å². The van der Waals surface area contributed by atoms with E-state index in [1.165, 1.54) is 13.3 Å². The van der Waals surface area contributed by atoms with E-state index in [4.69, 9.17) is 4.74 Å². The van der Waals surface area contributed by atoms with Gasteiger partial charge in [0, 0.05) is 6.08 Å². The molecule has 0 fully saturated rings. The molecule has 4 heteroatoms. The fourth-order valence-electron chi connectivity index (χ4n) is 1.29. The summed E-state index contributed by atoms with van der Waals surface area (Å²) in [6, 6.07) is 3.24. The zero-order chi connectivity index (χ0) is 11.5. The van der Waals surface area contributed by atoms with Gasteiger partial charge in [-0.15, -0.1) is 5.73 Å². The molecule has 1 aliphatic rings. The molecule has 1 radical (unpaired) electrons. The molecule has 0 aromatic carbocycles. The molecule has 0 aliphatic heterocycles. The topological polar surface area (TPSA) is 22.1 Å². The predicted molar refractivity (Wildman–Crippen MR) is 55.8 cm³/mol. The average Bonchev–Trinajstić information content (AvgIpc) is 2.29. The molecule has 1 aromatic heterocycles. The zero-order valence-electron chi connectivity index (χ0n) is 8.50. The largest absolute Gasteiger partial charge is 0.495 e. The summed E-state index contributed by atoms with van der Waals surface area (Å²) in [5.41, 5.74) is 3.04. The van der Waals surface area contributed by atoms with Crippen LogP contribution in [0.1, 0.15) is 5.69 Å². The number of nitrogens with zero attached hydrogens (tertiary/aromatic N) is 1. The molecule has 16 heavy (non-hydrogen) atoms. The highest BCUT2D eigenvalue weighted by Gasteiger charge is 2.18. The van der Waals surface area contributed by atoms with Gasteiger partial charge in [-0.1, -0.05) is 0 Å². The molecule has 1 aliphatic carbocycles. The fourth-order valence-corrected chi connectivity index (χ4v) is 1.29. The van der Waals surface area contributed by atoms with Gasteiger partial charge >= 0.3 is 0 Å². The van der Waals surface area contributed by atoms with Gasteiger partial charge in [-0.2, -0.15) is 0 Å². The van der Waals surface area contributed by atoms with Gasteiger partial charge in [0.05, 0.1) is 24.6 Å². The van der Waals surface area contributed by atoms with Crippen LogP contribution >= 0.6 is 0 Å². The van der Waals surface area contributed by atoms with Crippen molar-refractivity contribution in [2.75, 3.05) is 7.11 Å². The van der Waals surface area contributed by atoms with E-state index in [1.807, 2.05) is 0 Å². The van der Waals surface area contributed by atoms with Crippen LogP contribution in [0.2, 0.25) is 0 Å². The van der Waals surface area contributed by atoms with Crippen molar-refractivity contribution in [2.24, 2.45) is 0 Å². The van der Waals surface area contributed by atoms with E-state index >= 15 is 0 Å². The first-order chi connectivity index (χ1) is 7.70. The molecular formula is C12H8F2NO. The number of methoxy groups -OCH3 is 1. The van der Waals surface area contributed by atoms with Crippen LogP contribution in [0.5, 0.6) is 5.75 Å². The van der Waals surface area contributed by atoms with Crippen molar-refractivity contribution in [3.05, 3.63) is 53.9 Å². The van der Waals surface area contributed by atoms with Gasteiger partial charge < -0.3 is 4.74 Å². The molecule has 81 valence electrons. The monoisotopic (exact) mass is 220 g/mol. The van der Waals surface area contributed by atoms with Crippen molar-refractivity contribution in [3.8, 4) is 5.75 Å². The van der Waals surface area contributed by atoms with Crippen molar-refractivity contribution in [3.63, 3.8) is 0 Å². The SMILES string of the molecule is COc1ccc(C2=C=CC(F)=C[C]2F)nc1. The van der Waals surface area contributed by atoms with Crippen molar-refractivity contribution in [2.45, 2.75) is 0 Å². The van der Waals surface area contributed by atoms with Crippen LogP contribution < -0.4 is 4.74 Å². The second-order valence-electron chi connectivity index (χ2n) is 3.12.